The van der Waals surface area contributed by atoms with Crippen LogP contribution in [-0.2, 0) is 0 Å². The summed E-state index contributed by atoms with van der Waals surface area (Å²) in [6.45, 7) is 3.66. The van der Waals surface area contributed by atoms with Crippen molar-refractivity contribution in [1.82, 2.24) is 5.32 Å². The monoisotopic (exact) mass is 139 g/mol. The van der Waals surface area contributed by atoms with Gasteiger partial charge in [-0.3, -0.25) is 0 Å². The van der Waals surface area contributed by atoms with Gasteiger partial charge in [0.15, 0.2) is 0 Å². The third-order valence-corrected chi connectivity index (χ3v) is 2.73. The average molecular weight is 139 g/mol. The Morgan fingerprint density at radius 2 is 2.00 bits per heavy atom. The van der Waals surface area contributed by atoms with Crippen LogP contribution in [0.15, 0.2) is 0 Å². The van der Waals surface area contributed by atoms with Gasteiger partial charge in [0.1, 0.15) is 0 Å². The number of nitrogens with one attached hydrogen (secondary N) is 1. The molecule has 0 aromatic carbocycles. The van der Waals surface area contributed by atoms with E-state index < -0.39 is 0 Å². The van der Waals surface area contributed by atoms with Gasteiger partial charge in [-0.2, -0.15) is 0 Å². The Labute approximate surface area is 63.2 Å². The molecule has 1 N–H and O–H groups in total. The van der Waals surface area contributed by atoms with Gasteiger partial charge < -0.3 is 5.32 Å². The van der Waals surface area contributed by atoms with Crippen molar-refractivity contribution in [2.45, 2.75) is 38.6 Å². The lowest BCUT2D eigenvalue weighted by Crippen LogP contribution is -2.23. The van der Waals surface area contributed by atoms with Crippen molar-refractivity contribution in [1.29, 1.82) is 0 Å². The van der Waals surface area contributed by atoms with Crippen molar-refractivity contribution in [3.63, 3.8) is 0 Å². The zero-order chi connectivity index (χ0) is 6.97. The fourth-order valence-electron chi connectivity index (χ4n) is 1.47. The summed E-state index contributed by atoms with van der Waals surface area (Å²) >= 11 is 0. The molecular weight excluding hydrogens is 122 g/mol. The molecule has 0 heterocycles. The Hall–Kier alpha value is -0.0400. The van der Waals surface area contributed by atoms with E-state index in [4.69, 9.17) is 0 Å². The lowest BCUT2D eigenvalue weighted by atomic mass is 10.1. The molecule has 1 atom stereocenters. The smallest absolute Gasteiger partial charge is 0.00683 e. The molecule has 1 unspecified atom stereocenters. The molecule has 1 nitrogen and oxygen atoms in total. The maximum atomic E-state index is 3.58. The molecule has 2 aliphatic carbocycles. The van der Waals surface area contributed by atoms with Gasteiger partial charge in [-0.05, 0) is 44.1 Å². The molecule has 2 fully saturated rings. The van der Waals surface area contributed by atoms with Crippen LogP contribution < -0.4 is 5.32 Å². The van der Waals surface area contributed by atoms with Crippen LogP contribution in [0, 0.1) is 11.8 Å². The molecule has 2 saturated carbocycles. The molecule has 0 amide bonds. The highest BCUT2D eigenvalue weighted by molar-refractivity contribution is 4.85. The molecule has 0 spiro atoms. The minimum Gasteiger partial charge on any atom is -0.314 e. The minimum absolute atomic E-state index is 0.904. The topological polar surface area (TPSA) is 12.0 Å². The summed E-state index contributed by atoms with van der Waals surface area (Å²) in [5.74, 6) is 2.02. The van der Waals surface area contributed by atoms with Gasteiger partial charge in [0.2, 0.25) is 0 Å². The first-order valence-corrected chi connectivity index (χ1v) is 4.59. The van der Waals surface area contributed by atoms with Crippen molar-refractivity contribution < 1.29 is 0 Å². The predicted octanol–water partition coefficient (Wildman–Crippen LogP) is 1.78. The van der Waals surface area contributed by atoms with Crippen molar-refractivity contribution >= 4 is 0 Å². The molecule has 58 valence electrons. The summed E-state index contributed by atoms with van der Waals surface area (Å²) in [5.41, 5.74) is 0. The summed E-state index contributed by atoms with van der Waals surface area (Å²) in [4.78, 5) is 0. The molecule has 0 bridgehead atoms. The molecule has 0 aliphatic heterocycles. The number of rotatable bonds is 4. The van der Waals surface area contributed by atoms with E-state index in [1.807, 2.05) is 0 Å². The Morgan fingerprint density at radius 3 is 2.50 bits per heavy atom. The largest absolute Gasteiger partial charge is 0.314 e. The zero-order valence-electron chi connectivity index (χ0n) is 6.77. The van der Waals surface area contributed by atoms with Crippen LogP contribution in [0.3, 0.4) is 0 Å². The Kier molecular flexibility index (Phi) is 1.69. The lowest BCUT2D eigenvalue weighted by molar-refractivity contribution is 0.460. The predicted molar refractivity (Wildman–Crippen MR) is 42.9 cm³/mol. The first-order valence-electron chi connectivity index (χ1n) is 4.59. The standard InChI is InChI=1S/C9H17N/c1-7(8-2-3-8)6-10-9-4-5-9/h7-10H,2-6H2,1H3. The van der Waals surface area contributed by atoms with Crippen LogP contribution in [-0.4, -0.2) is 12.6 Å². The van der Waals surface area contributed by atoms with Crippen LogP contribution in [0.1, 0.15) is 32.6 Å². The third-order valence-electron chi connectivity index (χ3n) is 2.73. The molecule has 2 rings (SSSR count). The van der Waals surface area contributed by atoms with E-state index in [2.05, 4.69) is 12.2 Å². The molecule has 0 radical (unpaired) electrons. The molecule has 10 heavy (non-hydrogen) atoms. The van der Waals surface area contributed by atoms with Crippen LogP contribution >= 0.6 is 0 Å². The average Bonchev–Trinajstić information content (AvgIpc) is 2.76. The van der Waals surface area contributed by atoms with Crippen LogP contribution in [0.2, 0.25) is 0 Å². The molecular formula is C9H17N. The second-order valence-electron chi connectivity index (χ2n) is 4.00. The van der Waals surface area contributed by atoms with Gasteiger partial charge >= 0.3 is 0 Å². The molecule has 0 aromatic heterocycles. The molecule has 1 heteroatoms. The third kappa shape index (κ3) is 1.72. The van der Waals surface area contributed by atoms with E-state index in [1.54, 1.807) is 0 Å². The van der Waals surface area contributed by atoms with E-state index >= 15 is 0 Å². The van der Waals surface area contributed by atoms with E-state index in [-0.39, 0.29) is 0 Å². The Balaban J connectivity index is 1.58. The highest BCUT2D eigenvalue weighted by atomic mass is 14.9. The number of hydrogen-bond donors (Lipinski definition) is 1. The number of hydrogen-bond acceptors (Lipinski definition) is 1. The van der Waals surface area contributed by atoms with Gasteiger partial charge in [-0.25, -0.2) is 0 Å². The maximum Gasteiger partial charge on any atom is 0.00683 e. The van der Waals surface area contributed by atoms with Gasteiger partial charge in [0, 0.05) is 6.04 Å². The van der Waals surface area contributed by atoms with Crippen molar-refractivity contribution in [3.8, 4) is 0 Å². The van der Waals surface area contributed by atoms with Crippen LogP contribution in [0.25, 0.3) is 0 Å². The Bertz CT molecular complexity index is 114. The van der Waals surface area contributed by atoms with Gasteiger partial charge in [-0.15, -0.1) is 0 Å². The highest BCUT2D eigenvalue weighted by Gasteiger charge is 2.29. The quantitative estimate of drug-likeness (QED) is 0.626. The summed E-state index contributed by atoms with van der Waals surface area (Å²) in [6.07, 6.45) is 5.84. The second kappa shape index (κ2) is 2.54. The molecule has 0 aromatic rings. The van der Waals surface area contributed by atoms with Crippen LogP contribution in [0.4, 0.5) is 0 Å². The van der Waals surface area contributed by atoms with Crippen LogP contribution in [0.5, 0.6) is 0 Å². The molecule has 0 saturated heterocycles. The second-order valence-corrected chi connectivity index (χ2v) is 4.00. The zero-order valence-corrected chi connectivity index (χ0v) is 6.77. The highest BCUT2D eigenvalue weighted by Crippen LogP contribution is 2.36. The lowest BCUT2D eigenvalue weighted by Gasteiger charge is -2.09. The van der Waals surface area contributed by atoms with Gasteiger partial charge in [-0.1, -0.05) is 6.92 Å². The van der Waals surface area contributed by atoms with Crippen molar-refractivity contribution in [2.24, 2.45) is 11.8 Å². The van der Waals surface area contributed by atoms with E-state index in [0.717, 1.165) is 17.9 Å². The van der Waals surface area contributed by atoms with Crippen molar-refractivity contribution in [2.75, 3.05) is 6.54 Å². The normalized spacial score (nSPS) is 28.5. The summed E-state index contributed by atoms with van der Waals surface area (Å²) in [6, 6.07) is 0.904. The SMILES string of the molecule is CC(CNC1CC1)C1CC1. The summed E-state index contributed by atoms with van der Waals surface area (Å²) in [5, 5.41) is 3.58. The summed E-state index contributed by atoms with van der Waals surface area (Å²) in [7, 11) is 0. The van der Waals surface area contributed by atoms with E-state index in [0.29, 0.717) is 0 Å². The molecule has 2 aliphatic rings. The maximum absolute atomic E-state index is 3.58. The van der Waals surface area contributed by atoms with E-state index in [1.165, 1.54) is 32.2 Å². The van der Waals surface area contributed by atoms with Gasteiger partial charge in [0.25, 0.3) is 0 Å². The van der Waals surface area contributed by atoms with Gasteiger partial charge in [0.05, 0.1) is 0 Å². The first-order chi connectivity index (χ1) is 4.86. The minimum atomic E-state index is 0.904. The first kappa shape index (κ1) is 6.66. The fraction of sp³-hybridized carbons (Fsp3) is 1.00. The van der Waals surface area contributed by atoms with Crippen molar-refractivity contribution in [3.05, 3.63) is 0 Å². The Morgan fingerprint density at radius 1 is 1.30 bits per heavy atom. The summed E-state index contributed by atoms with van der Waals surface area (Å²) < 4.78 is 0. The fourth-order valence-corrected chi connectivity index (χ4v) is 1.47. The van der Waals surface area contributed by atoms with E-state index in [9.17, 15) is 0 Å².